The number of benzene rings is 18. The third-order valence-electron chi connectivity index (χ3n) is 23.9. The van der Waals surface area contributed by atoms with E-state index in [9.17, 15) is 0 Å². The largest absolute Gasteiger partial charge is 0.309 e. The maximum absolute atomic E-state index is 5.19. The number of nitrogens with zero attached hydrogens (tertiary/aromatic N) is 9. The van der Waals surface area contributed by atoms with Crippen molar-refractivity contribution in [2.75, 3.05) is 0 Å². The molecule has 6 heterocycles. The van der Waals surface area contributed by atoms with Crippen LogP contribution in [0.3, 0.4) is 0 Å². The Hall–Kier alpha value is -16.5. The van der Waals surface area contributed by atoms with Gasteiger partial charge < -0.3 is 18.3 Å². The minimum Gasteiger partial charge on any atom is -0.309 e. The molecule has 0 saturated heterocycles. The minimum absolute atomic E-state index is 0.625. The van der Waals surface area contributed by atoms with Gasteiger partial charge in [-0.2, -0.15) is 0 Å². The highest BCUT2D eigenvalue weighted by Crippen LogP contribution is 2.46. The van der Waals surface area contributed by atoms with E-state index in [1.54, 1.807) is 0 Å². The van der Waals surface area contributed by atoms with Gasteiger partial charge in [-0.1, -0.05) is 334 Å². The molecular weight excluding hydrogens is 1480 g/mol. The van der Waals surface area contributed by atoms with Gasteiger partial charge in [-0.05, 0) is 153 Å². The van der Waals surface area contributed by atoms with E-state index < -0.39 is 0 Å². The first-order chi connectivity index (χ1) is 60.5. The lowest BCUT2D eigenvalue weighted by molar-refractivity contribution is 1.07. The normalized spacial score (nSPS) is 11.6. The fourth-order valence-corrected chi connectivity index (χ4v) is 18.4. The Morgan fingerprint density at radius 2 is 0.451 bits per heavy atom. The molecule has 0 saturated carbocycles. The van der Waals surface area contributed by atoms with Crippen molar-refractivity contribution in [1.29, 1.82) is 0 Å². The second-order valence-corrected chi connectivity index (χ2v) is 31.0. The average Bonchev–Trinajstić information content (AvgIpc) is 1.55. The predicted octanol–water partition coefficient (Wildman–Crippen LogP) is 28.9. The maximum atomic E-state index is 5.19. The van der Waals surface area contributed by atoms with Crippen molar-refractivity contribution < 1.29 is 0 Å². The summed E-state index contributed by atoms with van der Waals surface area (Å²) in [5, 5.41) is 12.4. The van der Waals surface area contributed by atoms with E-state index in [-0.39, 0.29) is 0 Å². The molecule has 0 amide bonds. The van der Waals surface area contributed by atoms with Gasteiger partial charge in [0.2, 0.25) is 0 Å². The van der Waals surface area contributed by atoms with Gasteiger partial charge in [-0.25, -0.2) is 24.9 Å². The zero-order chi connectivity index (χ0) is 80.6. The third kappa shape index (κ3) is 12.3. The Labute approximate surface area is 703 Å². The molecule has 9 nitrogen and oxygen atoms in total. The van der Waals surface area contributed by atoms with E-state index in [2.05, 4.69) is 419 Å². The van der Waals surface area contributed by atoms with Crippen LogP contribution in [0.2, 0.25) is 0 Å². The summed E-state index contributed by atoms with van der Waals surface area (Å²) in [6.07, 6.45) is 0. The Morgan fingerprint density at radius 3 is 0.934 bits per heavy atom. The minimum atomic E-state index is 0.625. The molecule has 9 heteroatoms. The van der Waals surface area contributed by atoms with Crippen LogP contribution in [0.25, 0.3) is 222 Å². The number of rotatable bonds is 13. The Bertz CT molecular complexity index is 8130. The Balaban J connectivity index is 0.000000142. The van der Waals surface area contributed by atoms with Gasteiger partial charge in [0.25, 0.3) is 0 Å². The van der Waals surface area contributed by atoms with Crippen LogP contribution in [0.15, 0.2) is 443 Å². The molecule has 6 aromatic heterocycles. The summed E-state index contributed by atoms with van der Waals surface area (Å²) in [5.74, 6) is 2.60. The molecular formula is C113H73N9. The summed E-state index contributed by atoms with van der Waals surface area (Å²) < 4.78 is 9.61. The van der Waals surface area contributed by atoms with Crippen molar-refractivity contribution in [2.24, 2.45) is 0 Å². The summed E-state index contributed by atoms with van der Waals surface area (Å²) in [7, 11) is 0. The van der Waals surface area contributed by atoms with Gasteiger partial charge in [0.05, 0.1) is 55.5 Å². The van der Waals surface area contributed by atoms with Gasteiger partial charge in [0.15, 0.2) is 23.3 Å². The van der Waals surface area contributed by atoms with Crippen LogP contribution in [-0.2, 0) is 0 Å². The van der Waals surface area contributed by atoms with E-state index in [0.29, 0.717) is 23.3 Å². The molecule has 18 aromatic carbocycles. The van der Waals surface area contributed by atoms with Crippen molar-refractivity contribution in [2.45, 2.75) is 0 Å². The van der Waals surface area contributed by atoms with E-state index in [4.69, 9.17) is 24.9 Å². The first-order valence-electron chi connectivity index (χ1n) is 41.4. The van der Waals surface area contributed by atoms with E-state index in [0.717, 1.165) is 101 Å². The van der Waals surface area contributed by atoms with Crippen LogP contribution in [0.4, 0.5) is 0 Å². The molecule has 0 spiro atoms. The van der Waals surface area contributed by atoms with Crippen molar-refractivity contribution in [3.63, 3.8) is 0 Å². The maximum Gasteiger partial charge on any atom is 0.164 e. The quantitative estimate of drug-likeness (QED) is 0.115. The summed E-state index contributed by atoms with van der Waals surface area (Å²) in [6, 6.07) is 157. The Kier molecular flexibility index (Phi) is 17.4. The molecule has 0 bridgehead atoms. The average molecular weight is 1560 g/mol. The molecule has 0 aliphatic rings. The molecule has 0 unspecified atom stereocenters. The lowest BCUT2D eigenvalue weighted by Crippen LogP contribution is -2.01. The van der Waals surface area contributed by atoms with Gasteiger partial charge in [-0.3, -0.25) is 0 Å². The fraction of sp³-hybridized carbons (Fsp3) is 0. The first-order valence-corrected chi connectivity index (χ1v) is 41.4. The second kappa shape index (κ2) is 29.9. The van der Waals surface area contributed by atoms with Gasteiger partial charge in [0, 0.05) is 99.2 Å². The van der Waals surface area contributed by atoms with Crippen molar-refractivity contribution in [3.05, 3.63) is 443 Å². The number of hydrogen-bond acceptors (Lipinski definition) is 5. The number of fused-ring (bicyclic) bond motifs is 15. The summed E-state index contributed by atoms with van der Waals surface area (Å²) in [5.41, 5.74) is 28.5. The predicted molar refractivity (Wildman–Crippen MR) is 506 cm³/mol. The smallest absolute Gasteiger partial charge is 0.164 e. The summed E-state index contributed by atoms with van der Waals surface area (Å²) >= 11 is 0. The van der Waals surface area contributed by atoms with Crippen molar-refractivity contribution in [3.8, 4) is 124 Å². The van der Waals surface area contributed by atoms with Crippen LogP contribution in [0, 0.1) is 0 Å². The zero-order valence-corrected chi connectivity index (χ0v) is 66.2. The molecule has 24 rings (SSSR count). The summed E-state index contributed by atoms with van der Waals surface area (Å²) in [6.45, 7) is 0. The second-order valence-electron chi connectivity index (χ2n) is 31.0. The van der Waals surface area contributed by atoms with Crippen LogP contribution in [0.5, 0.6) is 0 Å². The molecule has 0 aliphatic heterocycles. The van der Waals surface area contributed by atoms with Gasteiger partial charge in [-0.15, -0.1) is 0 Å². The molecule has 0 aliphatic carbocycles. The molecule has 570 valence electrons. The van der Waals surface area contributed by atoms with Gasteiger partial charge >= 0.3 is 0 Å². The molecule has 0 atom stereocenters. The highest BCUT2D eigenvalue weighted by Gasteiger charge is 2.25. The number of hydrogen-bond donors (Lipinski definition) is 0. The molecule has 0 fully saturated rings. The molecule has 24 aromatic rings. The molecule has 0 N–H and O–H groups in total. The monoisotopic (exact) mass is 1560 g/mol. The van der Waals surface area contributed by atoms with Crippen molar-refractivity contribution >= 4 is 98.0 Å². The Morgan fingerprint density at radius 1 is 0.148 bits per heavy atom. The highest BCUT2D eigenvalue weighted by atomic mass is 15.0. The topological polar surface area (TPSA) is 84.2 Å². The van der Waals surface area contributed by atoms with Gasteiger partial charge in [0.1, 0.15) is 0 Å². The lowest BCUT2D eigenvalue weighted by Gasteiger charge is -2.13. The first kappa shape index (κ1) is 70.9. The van der Waals surface area contributed by atoms with Crippen molar-refractivity contribution in [1.82, 2.24) is 43.2 Å². The summed E-state index contributed by atoms with van der Waals surface area (Å²) in [4.78, 5) is 25.6. The lowest BCUT2D eigenvalue weighted by atomic mass is 9.98. The van der Waals surface area contributed by atoms with Crippen LogP contribution in [-0.4, -0.2) is 43.2 Å². The zero-order valence-electron chi connectivity index (χ0n) is 66.2. The van der Waals surface area contributed by atoms with E-state index in [1.807, 2.05) is 42.5 Å². The van der Waals surface area contributed by atoms with Crippen LogP contribution >= 0.6 is 0 Å². The molecule has 122 heavy (non-hydrogen) atoms. The highest BCUT2D eigenvalue weighted by molar-refractivity contribution is 6.30. The van der Waals surface area contributed by atoms with Crippen LogP contribution in [0.1, 0.15) is 0 Å². The fourth-order valence-electron chi connectivity index (χ4n) is 18.4. The molecule has 0 radical (unpaired) electrons. The SMILES string of the molecule is c1ccc(-c2cccc(-c3nc(-c4ccccc4)nc(-c4ccccc4-c4ccc(-n5c6ccccc6c6c7c8ccccc8n(-c8ccccc8)c7ccc65)cc4)n3)c2)cc1.c1ccc(-c2nc(-c3ccc(-c4ccc(-n5c6ccccc6c6c7c8ccccc8n(-c8ccccc8)c7ccc65)cc4)cc3)cc(-c3cccc4ccccc34)n2)cc1. The standard InChI is InChI=1S/C57H37N5.C56H36N4/c1-4-17-38(18-5-1)41-21-16-22-42(37-41)56-58-55(40-19-6-2-7-20-40)59-57(60-56)46-26-11-10-25-45(46)39-31-33-44(34-32-39)62-50-30-15-13-28-48(50)54-52(62)36-35-51-53(54)47-27-12-14-29-49(47)61(51)43-23-8-3-9-24-43;1-3-15-41(16-4-1)56-57-48(36-49(58-56)45-23-13-17-39-14-7-8-20-44(39)45)40-28-26-37(27-29-40)38-30-32-43(33-31-38)60-51-25-12-10-22-47(51)55-53(60)35-34-52-54(55)46-21-9-11-24-50(46)59(52)42-18-5-2-6-19-42/h1-37H;1-36H. The third-order valence-corrected chi connectivity index (χ3v) is 23.9. The van der Waals surface area contributed by atoms with E-state index >= 15 is 0 Å². The number of para-hydroxylation sites is 6. The van der Waals surface area contributed by atoms with E-state index in [1.165, 1.54) is 98.0 Å². The van der Waals surface area contributed by atoms with Crippen LogP contribution < -0.4 is 0 Å². The number of aromatic nitrogens is 9.